The molecule has 0 bridgehead atoms. The number of aromatic amines is 1. The molecule has 0 aliphatic carbocycles. The first-order valence-electron chi connectivity index (χ1n) is 6.93. The monoisotopic (exact) mass is 338 g/mol. The van der Waals surface area contributed by atoms with Gasteiger partial charge in [-0.05, 0) is 12.5 Å². The molecule has 23 heavy (non-hydrogen) atoms. The molecule has 9 nitrogen and oxygen atoms in total. The maximum absolute atomic E-state index is 11.9. The van der Waals surface area contributed by atoms with Crippen molar-refractivity contribution in [3.63, 3.8) is 0 Å². The molecule has 122 valence electrons. The van der Waals surface area contributed by atoms with Crippen molar-refractivity contribution in [1.82, 2.24) is 20.4 Å². The number of carbonyl (C=O) groups is 1. The standard InChI is InChI=1S/C13H14N4O5S/c18-10-5-8(1-3-14-10)12-16-11(22-17-12)6-15-13(19)9-2-4-23(20,21)7-9/h1,3,5,9H,2,4,6-7H2,(H,14,18)(H,15,19). The van der Waals surface area contributed by atoms with E-state index >= 15 is 0 Å². The van der Waals surface area contributed by atoms with Gasteiger partial charge < -0.3 is 14.8 Å². The van der Waals surface area contributed by atoms with E-state index in [0.717, 1.165) is 0 Å². The van der Waals surface area contributed by atoms with Gasteiger partial charge in [-0.15, -0.1) is 0 Å². The highest BCUT2D eigenvalue weighted by molar-refractivity contribution is 7.91. The number of hydrogen-bond acceptors (Lipinski definition) is 7. The third kappa shape index (κ3) is 3.65. The second kappa shape index (κ2) is 5.95. The molecule has 0 spiro atoms. The van der Waals surface area contributed by atoms with Gasteiger partial charge in [-0.1, -0.05) is 5.16 Å². The van der Waals surface area contributed by atoms with Gasteiger partial charge in [0, 0.05) is 17.8 Å². The van der Waals surface area contributed by atoms with Crippen LogP contribution in [0.5, 0.6) is 0 Å². The lowest BCUT2D eigenvalue weighted by molar-refractivity contribution is -0.124. The third-order valence-corrected chi connectivity index (χ3v) is 5.29. The molecule has 3 heterocycles. The zero-order chi connectivity index (χ0) is 16.4. The third-order valence-electron chi connectivity index (χ3n) is 3.52. The molecule has 1 unspecified atom stereocenters. The minimum Gasteiger partial charge on any atom is -0.347 e. The molecule has 1 amide bonds. The number of pyridine rings is 1. The molecule has 0 saturated carbocycles. The van der Waals surface area contributed by atoms with Crippen LogP contribution in [0.3, 0.4) is 0 Å². The summed E-state index contributed by atoms with van der Waals surface area (Å²) < 4.78 is 27.7. The van der Waals surface area contributed by atoms with E-state index in [2.05, 4.69) is 20.4 Å². The Morgan fingerprint density at radius 1 is 1.48 bits per heavy atom. The van der Waals surface area contributed by atoms with E-state index in [4.69, 9.17) is 4.52 Å². The zero-order valence-electron chi connectivity index (χ0n) is 12.0. The van der Waals surface area contributed by atoms with Crippen LogP contribution in [0.15, 0.2) is 27.6 Å². The average molecular weight is 338 g/mol. The smallest absolute Gasteiger partial charge is 0.248 e. The van der Waals surface area contributed by atoms with Gasteiger partial charge in [0.25, 0.3) is 0 Å². The van der Waals surface area contributed by atoms with Crippen LogP contribution in [-0.4, -0.2) is 41.0 Å². The fraction of sp³-hybridized carbons (Fsp3) is 0.385. The van der Waals surface area contributed by atoms with Crippen LogP contribution in [0.25, 0.3) is 11.4 Å². The van der Waals surface area contributed by atoms with Gasteiger partial charge in [-0.2, -0.15) is 4.98 Å². The van der Waals surface area contributed by atoms with E-state index in [9.17, 15) is 18.0 Å². The molecule has 1 atom stereocenters. The molecular formula is C13H14N4O5S. The lowest BCUT2D eigenvalue weighted by Crippen LogP contribution is -2.31. The van der Waals surface area contributed by atoms with Gasteiger partial charge in [-0.25, -0.2) is 8.42 Å². The van der Waals surface area contributed by atoms with Crippen LogP contribution in [0.2, 0.25) is 0 Å². The summed E-state index contributed by atoms with van der Waals surface area (Å²) in [5, 5.41) is 6.33. The van der Waals surface area contributed by atoms with Gasteiger partial charge >= 0.3 is 0 Å². The van der Waals surface area contributed by atoms with Crippen molar-refractivity contribution in [2.45, 2.75) is 13.0 Å². The fourth-order valence-corrected chi connectivity index (χ4v) is 4.08. The molecule has 0 aromatic carbocycles. The molecule has 3 rings (SSSR count). The van der Waals surface area contributed by atoms with E-state index in [1.54, 1.807) is 6.07 Å². The maximum atomic E-state index is 11.9. The molecule has 2 aromatic rings. The van der Waals surface area contributed by atoms with Crippen LogP contribution in [0.1, 0.15) is 12.3 Å². The number of aromatic nitrogens is 3. The minimum absolute atomic E-state index is 0.00553. The second-order valence-electron chi connectivity index (χ2n) is 5.27. The van der Waals surface area contributed by atoms with Gasteiger partial charge in [0.1, 0.15) is 0 Å². The lowest BCUT2D eigenvalue weighted by atomic mass is 10.1. The predicted molar refractivity (Wildman–Crippen MR) is 79.0 cm³/mol. The summed E-state index contributed by atoms with van der Waals surface area (Å²) >= 11 is 0. The molecule has 1 aliphatic rings. The van der Waals surface area contributed by atoms with Gasteiger partial charge in [0.15, 0.2) is 9.84 Å². The van der Waals surface area contributed by atoms with E-state index in [0.29, 0.717) is 12.0 Å². The number of hydrogen-bond donors (Lipinski definition) is 2. The van der Waals surface area contributed by atoms with Crippen LogP contribution >= 0.6 is 0 Å². The highest BCUT2D eigenvalue weighted by Gasteiger charge is 2.32. The SMILES string of the molecule is O=C(NCc1nc(-c2cc[nH]c(=O)c2)no1)C1CCS(=O)(=O)C1. The fourth-order valence-electron chi connectivity index (χ4n) is 2.34. The molecule has 2 aromatic heterocycles. The Hall–Kier alpha value is -2.49. The van der Waals surface area contributed by atoms with Gasteiger partial charge in [0.05, 0.1) is 24.0 Å². The van der Waals surface area contributed by atoms with Gasteiger partial charge in [0.2, 0.25) is 23.2 Å². The van der Waals surface area contributed by atoms with E-state index in [-0.39, 0.29) is 41.2 Å². The van der Waals surface area contributed by atoms with Crippen LogP contribution in [0, 0.1) is 5.92 Å². The topological polar surface area (TPSA) is 135 Å². The van der Waals surface area contributed by atoms with Crippen molar-refractivity contribution in [2.75, 3.05) is 11.5 Å². The Bertz CT molecular complexity index is 886. The molecule has 1 aliphatic heterocycles. The van der Waals surface area contributed by atoms with Crippen LogP contribution in [0.4, 0.5) is 0 Å². The first-order chi connectivity index (χ1) is 10.9. The minimum atomic E-state index is -3.10. The Morgan fingerprint density at radius 2 is 2.30 bits per heavy atom. The molecule has 10 heteroatoms. The maximum Gasteiger partial charge on any atom is 0.248 e. The second-order valence-corrected chi connectivity index (χ2v) is 7.50. The van der Waals surface area contributed by atoms with E-state index in [1.807, 2.05) is 0 Å². The number of rotatable bonds is 4. The number of carbonyl (C=O) groups excluding carboxylic acids is 1. The predicted octanol–water partition coefficient (Wildman–Crippen LogP) is -0.524. The highest BCUT2D eigenvalue weighted by atomic mass is 32.2. The summed E-state index contributed by atoms with van der Waals surface area (Å²) in [6.07, 6.45) is 1.80. The van der Waals surface area contributed by atoms with E-state index < -0.39 is 15.8 Å². The van der Waals surface area contributed by atoms with E-state index in [1.165, 1.54) is 12.3 Å². The number of nitrogens with one attached hydrogen (secondary N) is 2. The molecule has 2 N–H and O–H groups in total. The lowest BCUT2D eigenvalue weighted by Gasteiger charge is -2.06. The average Bonchev–Trinajstić information content (AvgIpc) is 3.11. The Morgan fingerprint density at radius 3 is 3.00 bits per heavy atom. The Kier molecular flexibility index (Phi) is 3.99. The number of nitrogens with zero attached hydrogens (tertiary/aromatic N) is 2. The Labute approximate surface area is 131 Å². The quantitative estimate of drug-likeness (QED) is 0.765. The van der Waals surface area contributed by atoms with Crippen molar-refractivity contribution in [3.05, 3.63) is 34.6 Å². The highest BCUT2D eigenvalue weighted by Crippen LogP contribution is 2.18. The molecular weight excluding hydrogens is 324 g/mol. The van der Waals surface area contributed by atoms with Gasteiger partial charge in [-0.3, -0.25) is 9.59 Å². The van der Waals surface area contributed by atoms with Crippen molar-refractivity contribution >= 4 is 15.7 Å². The van der Waals surface area contributed by atoms with Crippen LogP contribution in [-0.2, 0) is 21.2 Å². The van der Waals surface area contributed by atoms with Crippen molar-refractivity contribution in [1.29, 1.82) is 0 Å². The molecule has 1 fully saturated rings. The summed E-state index contributed by atoms with van der Waals surface area (Å²) in [7, 11) is -3.10. The number of H-pyrrole nitrogens is 1. The Balaban J connectivity index is 1.62. The number of amides is 1. The van der Waals surface area contributed by atoms with Crippen molar-refractivity contribution in [2.24, 2.45) is 5.92 Å². The normalized spacial score (nSPS) is 19.6. The molecule has 1 saturated heterocycles. The van der Waals surface area contributed by atoms with Crippen molar-refractivity contribution in [3.8, 4) is 11.4 Å². The largest absolute Gasteiger partial charge is 0.347 e. The molecule has 0 radical (unpaired) electrons. The summed E-state index contributed by atoms with van der Waals surface area (Å²) in [4.78, 5) is 29.7. The summed E-state index contributed by atoms with van der Waals surface area (Å²) in [5.41, 5.74) is 0.210. The summed E-state index contributed by atoms with van der Waals surface area (Å²) in [6.45, 7) is 0.00553. The first kappa shape index (κ1) is 15.4. The van der Waals surface area contributed by atoms with Crippen molar-refractivity contribution < 1.29 is 17.7 Å². The van der Waals surface area contributed by atoms with Crippen LogP contribution < -0.4 is 10.9 Å². The zero-order valence-corrected chi connectivity index (χ0v) is 12.8. The first-order valence-corrected chi connectivity index (χ1v) is 8.75. The summed E-state index contributed by atoms with van der Waals surface area (Å²) in [6, 6.07) is 2.95. The summed E-state index contributed by atoms with van der Waals surface area (Å²) in [5.74, 6) is -0.547. The number of sulfone groups is 1.